The summed E-state index contributed by atoms with van der Waals surface area (Å²) in [6.07, 6.45) is -2.32. The minimum Gasteiger partial charge on any atom is -0.481 e. The Morgan fingerprint density at radius 1 is 1.24 bits per heavy atom. The van der Waals surface area contributed by atoms with Crippen LogP contribution in [0.25, 0.3) is 0 Å². The highest BCUT2D eigenvalue weighted by molar-refractivity contribution is 5.86. The predicted octanol–water partition coefficient (Wildman–Crippen LogP) is 2.05. The van der Waals surface area contributed by atoms with E-state index in [-0.39, 0.29) is 18.9 Å². The van der Waals surface area contributed by atoms with Gasteiger partial charge in [0.1, 0.15) is 0 Å². The Morgan fingerprint density at radius 3 is 2.24 bits per heavy atom. The quantitative estimate of drug-likeness (QED) is 0.607. The van der Waals surface area contributed by atoms with Crippen LogP contribution < -0.4 is 11.1 Å². The van der Waals surface area contributed by atoms with Crippen molar-refractivity contribution < 1.29 is 27.9 Å². The van der Waals surface area contributed by atoms with Gasteiger partial charge in [-0.1, -0.05) is 19.8 Å². The summed E-state index contributed by atoms with van der Waals surface area (Å²) in [4.78, 5) is 22.0. The lowest BCUT2D eigenvalue weighted by Gasteiger charge is -2.26. The lowest BCUT2D eigenvalue weighted by atomic mass is 9.94. The van der Waals surface area contributed by atoms with E-state index in [1.807, 2.05) is 6.92 Å². The Morgan fingerprint density at radius 2 is 1.81 bits per heavy atom. The largest absolute Gasteiger partial charge is 0.481 e. The van der Waals surface area contributed by atoms with Gasteiger partial charge in [-0.3, -0.25) is 9.59 Å². The minimum atomic E-state index is -4.82. The number of nitrogens with two attached hydrogens (primary N) is 1. The van der Waals surface area contributed by atoms with Crippen LogP contribution >= 0.6 is 0 Å². The van der Waals surface area contributed by atoms with Crippen molar-refractivity contribution in [2.24, 2.45) is 11.7 Å². The molecule has 5 nitrogen and oxygen atoms in total. The molecule has 0 heterocycles. The molecule has 0 bridgehead atoms. The summed E-state index contributed by atoms with van der Waals surface area (Å²) < 4.78 is 37.6. The van der Waals surface area contributed by atoms with Gasteiger partial charge in [-0.25, -0.2) is 0 Å². The summed E-state index contributed by atoms with van der Waals surface area (Å²) in [5.41, 5.74) is 2.07. The first-order valence-electron chi connectivity index (χ1n) is 6.88. The number of halogens is 3. The Balaban J connectivity index is 4.31. The van der Waals surface area contributed by atoms with Crippen LogP contribution in [-0.4, -0.2) is 35.2 Å². The maximum atomic E-state index is 12.5. The number of carboxylic acids is 1. The van der Waals surface area contributed by atoms with E-state index in [0.29, 0.717) is 19.8 Å². The molecule has 21 heavy (non-hydrogen) atoms. The third-order valence-electron chi connectivity index (χ3n) is 3.36. The standard InChI is InChI=1S/C13H23F3N2O3/c1-3-4-9(5-6-10(19)20)7-8-18-11(21)12(2,17)13(14,15)16/h9H,3-8,17H2,1-2H3,(H,18,21)(H,19,20). The molecular formula is C13H23F3N2O3. The molecule has 0 fully saturated rings. The summed E-state index contributed by atoms with van der Waals surface area (Å²) in [7, 11) is 0. The van der Waals surface area contributed by atoms with Crippen molar-refractivity contribution in [3.8, 4) is 0 Å². The molecule has 0 saturated heterocycles. The summed E-state index contributed by atoms with van der Waals surface area (Å²) in [5.74, 6) is -2.13. The maximum Gasteiger partial charge on any atom is 0.415 e. The second kappa shape index (κ2) is 8.21. The van der Waals surface area contributed by atoms with Crippen LogP contribution in [0, 0.1) is 5.92 Å². The number of hydrogen-bond acceptors (Lipinski definition) is 3. The first kappa shape index (κ1) is 19.7. The van der Waals surface area contributed by atoms with Crippen LogP contribution in [0.5, 0.6) is 0 Å². The average molecular weight is 312 g/mol. The first-order valence-corrected chi connectivity index (χ1v) is 6.88. The van der Waals surface area contributed by atoms with E-state index in [2.05, 4.69) is 5.32 Å². The van der Waals surface area contributed by atoms with E-state index in [1.165, 1.54) is 0 Å². The van der Waals surface area contributed by atoms with Crippen molar-refractivity contribution in [3.05, 3.63) is 0 Å². The molecule has 0 aromatic carbocycles. The Kier molecular flexibility index (Phi) is 7.70. The van der Waals surface area contributed by atoms with Crippen molar-refractivity contribution in [2.45, 2.75) is 57.7 Å². The molecule has 4 N–H and O–H groups in total. The minimum absolute atomic E-state index is 0.00969. The monoisotopic (exact) mass is 312 g/mol. The van der Waals surface area contributed by atoms with Crippen LogP contribution in [0.2, 0.25) is 0 Å². The third-order valence-corrected chi connectivity index (χ3v) is 3.36. The van der Waals surface area contributed by atoms with Crippen molar-refractivity contribution in [3.63, 3.8) is 0 Å². The predicted molar refractivity (Wildman–Crippen MR) is 71.5 cm³/mol. The van der Waals surface area contributed by atoms with Gasteiger partial charge in [0.2, 0.25) is 5.91 Å². The SMILES string of the molecule is CCCC(CCNC(=O)C(C)(N)C(F)(F)F)CCC(=O)O. The highest BCUT2D eigenvalue weighted by atomic mass is 19.4. The highest BCUT2D eigenvalue weighted by Crippen LogP contribution is 2.28. The van der Waals surface area contributed by atoms with Gasteiger partial charge in [0.05, 0.1) is 0 Å². The second-order valence-corrected chi connectivity index (χ2v) is 5.33. The topological polar surface area (TPSA) is 92.4 Å². The lowest BCUT2D eigenvalue weighted by molar-refractivity contribution is -0.187. The van der Waals surface area contributed by atoms with Crippen molar-refractivity contribution in [1.82, 2.24) is 5.32 Å². The molecule has 124 valence electrons. The van der Waals surface area contributed by atoms with Gasteiger partial charge >= 0.3 is 12.1 Å². The molecule has 1 amide bonds. The number of alkyl halides is 3. The van der Waals surface area contributed by atoms with Crippen molar-refractivity contribution in [1.29, 1.82) is 0 Å². The molecule has 0 aromatic rings. The number of amides is 1. The van der Waals surface area contributed by atoms with Crippen LogP contribution in [0.15, 0.2) is 0 Å². The third kappa shape index (κ3) is 6.79. The molecule has 0 aromatic heterocycles. The molecule has 0 saturated carbocycles. The van der Waals surface area contributed by atoms with Gasteiger partial charge in [-0.15, -0.1) is 0 Å². The van der Waals surface area contributed by atoms with Crippen LogP contribution in [0.4, 0.5) is 13.2 Å². The van der Waals surface area contributed by atoms with Crippen LogP contribution in [-0.2, 0) is 9.59 Å². The summed E-state index contributed by atoms with van der Waals surface area (Å²) >= 11 is 0. The molecule has 0 aliphatic heterocycles. The average Bonchev–Trinajstić information content (AvgIpc) is 2.34. The number of nitrogens with one attached hydrogen (secondary N) is 1. The van der Waals surface area contributed by atoms with Gasteiger partial charge in [-0.05, 0) is 25.7 Å². The zero-order valence-electron chi connectivity index (χ0n) is 12.3. The fourth-order valence-electron chi connectivity index (χ4n) is 1.87. The molecule has 0 aliphatic rings. The fourth-order valence-corrected chi connectivity index (χ4v) is 1.87. The first-order chi connectivity index (χ1) is 9.52. The fraction of sp³-hybridized carbons (Fsp3) is 0.846. The van der Waals surface area contributed by atoms with Gasteiger partial charge in [0.15, 0.2) is 5.54 Å². The van der Waals surface area contributed by atoms with Gasteiger partial charge in [0, 0.05) is 13.0 Å². The zero-order valence-corrected chi connectivity index (χ0v) is 12.3. The van der Waals surface area contributed by atoms with Gasteiger partial charge in [-0.2, -0.15) is 13.2 Å². The Hall–Kier alpha value is -1.31. The molecule has 0 rings (SSSR count). The molecule has 8 heteroatoms. The van der Waals surface area contributed by atoms with Crippen molar-refractivity contribution in [2.75, 3.05) is 6.54 Å². The van der Waals surface area contributed by atoms with E-state index in [1.54, 1.807) is 0 Å². The molecule has 2 atom stereocenters. The molecule has 0 spiro atoms. The molecule has 0 radical (unpaired) electrons. The van der Waals surface area contributed by atoms with Crippen molar-refractivity contribution >= 4 is 11.9 Å². The van der Waals surface area contributed by atoms with E-state index >= 15 is 0 Å². The lowest BCUT2D eigenvalue weighted by Crippen LogP contribution is -2.61. The maximum absolute atomic E-state index is 12.5. The Bertz CT molecular complexity index is 357. The number of carboxylic acid groups (broad SMARTS) is 1. The van der Waals surface area contributed by atoms with E-state index in [4.69, 9.17) is 10.8 Å². The number of aliphatic carboxylic acids is 1. The van der Waals surface area contributed by atoms with Gasteiger partial charge < -0.3 is 16.2 Å². The summed E-state index contributed by atoms with van der Waals surface area (Å²) in [6.45, 7) is 2.61. The van der Waals surface area contributed by atoms with E-state index < -0.39 is 23.6 Å². The number of rotatable bonds is 9. The zero-order chi connectivity index (χ0) is 16.7. The highest BCUT2D eigenvalue weighted by Gasteiger charge is 2.53. The normalized spacial score (nSPS) is 16.1. The smallest absolute Gasteiger partial charge is 0.415 e. The second-order valence-electron chi connectivity index (χ2n) is 5.33. The van der Waals surface area contributed by atoms with E-state index in [0.717, 1.165) is 12.8 Å². The summed E-state index contributed by atoms with van der Waals surface area (Å²) in [5, 5.41) is 10.8. The van der Waals surface area contributed by atoms with E-state index in [9.17, 15) is 22.8 Å². The number of carbonyl (C=O) groups is 2. The number of hydrogen-bond donors (Lipinski definition) is 3. The van der Waals surface area contributed by atoms with Crippen LogP contribution in [0.3, 0.4) is 0 Å². The van der Waals surface area contributed by atoms with Crippen LogP contribution in [0.1, 0.15) is 46.0 Å². The number of carbonyl (C=O) groups excluding carboxylic acids is 1. The molecular weight excluding hydrogens is 289 g/mol. The Labute approximate surface area is 122 Å². The summed E-state index contributed by atoms with van der Waals surface area (Å²) in [6, 6.07) is 0. The molecule has 0 aliphatic carbocycles. The van der Waals surface area contributed by atoms with Gasteiger partial charge in [0.25, 0.3) is 0 Å². The molecule has 2 unspecified atom stereocenters.